The molecular formula is C40H43FN4O5S. The van der Waals surface area contributed by atoms with Crippen LogP contribution in [-0.4, -0.2) is 82.4 Å². The number of aromatic amines is 1. The van der Waals surface area contributed by atoms with E-state index in [0.29, 0.717) is 61.4 Å². The van der Waals surface area contributed by atoms with E-state index in [1.165, 1.54) is 6.07 Å². The second kappa shape index (κ2) is 15.5. The van der Waals surface area contributed by atoms with Crippen LogP contribution in [0.4, 0.5) is 4.39 Å². The number of fused-ring (bicyclic) bond motifs is 1. The molecule has 1 spiro atoms. The summed E-state index contributed by atoms with van der Waals surface area (Å²) < 4.78 is 21.6. The van der Waals surface area contributed by atoms with Crippen LogP contribution in [0.15, 0.2) is 89.7 Å². The van der Waals surface area contributed by atoms with Gasteiger partial charge in [-0.15, -0.1) is 0 Å². The number of ether oxygens (including phenoxy) is 1. The summed E-state index contributed by atoms with van der Waals surface area (Å²) in [7, 11) is 0. The van der Waals surface area contributed by atoms with E-state index in [0.717, 1.165) is 65.1 Å². The van der Waals surface area contributed by atoms with Gasteiger partial charge in [0, 0.05) is 44.8 Å². The van der Waals surface area contributed by atoms with Gasteiger partial charge in [-0.3, -0.25) is 14.5 Å². The average molecular weight is 711 g/mol. The fraction of sp³-hybridized carbons (Fsp3) is 0.350. The number of aromatic hydroxyl groups is 1. The number of H-pyrrole nitrogens is 1. The number of piperidine rings is 1. The first-order valence-corrected chi connectivity index (χ1v) is 18.4. The van der Waals surface area contributed by atoms with Gasteiger partial charge in [0.1, 0.15) is 17.1 Å². The topological polar surface area (TPSA) is 118 Å². The summed E-state index contributed by atoms with van der Waals surface area (Å²) in [5.41, 5.74) is 5.63. The number of nitrogens with zero attached hydrogens (tertiary/aromatic N) is 2. The van der Waals surface area contributed by atoms with Gasteiger partial charge in [0.15, 0.2) is 0 Å². The summed E-state index contributed by atoms with van der Waals surface area (Å²) in [6.07, 6.45) is 1.70. The van der Waals surface area contributed by atoms with Crippen LogP contribution >= 0.6 is 11.3 Å². The summed E-state index contributed by atoms with van der Waals surface area (Å²) in [5.74, 6) is -0.179. The number of thiazole rings is 1. The number of hydrogen-bond donors (Lipinski definition) is 4. The number of phenols is 1. The number of carbonyl (C=O) groups is 1. The van der Waals surface area contributed by atoms with E-state index in [1.54, 1.807) is 18.2 Å². The second-order valence-corrected chi connectivity index (χ2v) is 14.7. The van der Waals surface area contributed by atoms with Crippen LogP contribution in [0, 0.1) is 5.82 Å². The molecular weight excluding hydrogens is 668 g/mol. The predicted octanol–water partition coefficient (Wildman–Crippen LogP) is 5.40. The smallest absolute Gasteiger partial charge is 0.305 e. The third kappa shape index (κ3) is 8.40. The van der Waals surface area contributed by atoms with Gasteiger partial charge in [-0.1, -0.05) is 78.1 Å². The van der Waals surface area contributed by atoms with Crippen LogP contribution in [0.2, 0.25) is 0 Å². The lowest BCUT2D eigenvalue weighted by Gasteiger charge is -2.47. The zero-order chi connectivity index (χ0) is 35.4. The third-order valence-electron chi connectivity index (χ3n) is 10.1. The minimum Gasteiger partial charge on any atom is -0.506 e. The molecule has 2 aliphatic heterocycles. The average Bonchev–Trinajstić information content (AvgIpc) is 3.54. The molecule has 9 nitrogen and oxygen atoms in total. The van der Waals surface area contributed by atoms with E-state index < -0.39 is 6.10 Å². The van der Waals surface area contributed by atoms with Crippen molar-refractivity contribution in [2.75, 3.05) is 45.9 Å². The van der Waals surface area contributed by atoms with Gasteiger partial charge >= 0.3 is 4.87 Å². The highest BCUT2D eigenvalue weighted by atomic mass is 32.1. The Kier molecular flexibility index (Phi) is 10.6. The molecule has 1 atom stereocenters. The summed E-state index contributed by atoms with van der Waals surface area (Å²) >= 11 is 0.955. The number of likely N-dealkylation sites (tertiary alicyclic amines) is 1. The van der Waals surface area contributed by atoms with Gasteiger partial charge in [0.05, 0.1) is 29.4 Å². The zero-order valence-electron chi connectivity index (χ0n) is 28.4. The Morgan fingerprint density at radius 1 is 0.961 bits per heavy atom. The van der Waals surface area contributed by atoms with Crippen LogP contribution in [0.1, 0.15) is 41.2 Å². The number of amides is 1. The summed E-state index contributed by atoms with van der Waals surface area (Å²) in [6.45, 7) is 4.73. The standard InChI is InChI=1S/C40H43FN4O5S/c41-32-21-28(12-15-42-24-35(47)33-10-11-34(46)37-38(33)51-39(49)43-37)20-29(22-32)25-44-16-13-40(14-17-44)26-45(18-19-50-40)36(48)23-27-6-8-31(9-7-27)30-4-2-1-3-5-30/h1-11,20-22,35,42,46-47H,12-19,23-26H2,(H,43,49). The number of morpholine rings is 1. The van der Waals surface area contributed by atoms with Crippen molar-refractivity contribution in [3.63, 3.8) is 0 Å². The maximum atomic E-state index is 14.7. The Labute approximate surface area is 300 Å². The van der Waals surface area contributed by atoms with Crippen molar-refractivity contribution < 1.29 is 24.1 Å². The van der Waals surface area contributed by atoms with E-state index in [2.05, 4.69) is 39.5 Å². The highest BCUT2D eigenvalue weighted by Crippen LogP contribution is 2.33. The van der Waals surface area contributed by atoms with Gasteiger partial charge in [-0.25, -0.2) is 4.39 Å². The molecule has 51 heavy (non-hydrogen) atoms. The Bertz CT molecular complexity index is 2020. The number of aliphatic hydroxyl groups is 1. The van der Waals surface area contributed by atoms with Crippen molar-refractivity contribution in [1.29, 1.82) is 0 Å². The minimum atomic E-state index is -0.874. The number of phenolic OH excluding ortho intramolecular Hbond substituents is 1. The molecule has 0 saturated carbocycles. The molecule has 1 amide bonds. The molecule has 0 bridgehead atoms. The first-order chi connectivity index (χ1) is 24.7. The zero-order valence-corrected chi connectivity index (χ0v) is 29.3. The van der Waals surface area contributed by atoms with E-state index in [-0.39, 0.29) is 34.5 Å². The van der Waals surface area contributed by atoms with E-state index in [1.807, 2.05) is 41.3 Å². The van der Waals surface area contributed by atoms with Crippen LogP contribution in [0.3, 0.4) is 0 Å². The monoisotopic (exact) mass is 710 g/mol. The van der Waals surface area contributed by atoms with Crippen LogP contribution in [-0.2, 0) is 28.9 Å². The van der Waals surface area contributed by atoms with Gasteiger partial charge in [-0.2, -0.15) is 0 Å². The van der Waals surface area contributed by atoms with E-state index in [9.17, 15) is 24.2 Å². The number of benzene rings is 4. The molecule has 2 fully saturated rings. The van der Waals surface area contributed by atoms with Crippen molar-refractivity contribution >= 4 is 27.5 Å². The molecule has 266 valence electrons. The van der Waals surface area contributed by atoms with E-state index >= 15 is 0 Å². The largest absolute Gasteiger partial charge is 0.506 e. The molecule has 2 aliphatic rings. The minimum absolute atomic E-state index is 0.0311. The van der Waals surface area contributed by atoms with Crippen molar-refractivity contribution in [2.24, 2.45) is 0 Å². The van der Waals surface area contributed by atoms with Gasteiger partial charge in [-0.05, 0) is 71.8 Å². The number of aromatic nitrogens is 1. The number of rotatable bonds is 11. The molecule has 1 aromatic heterocycles. The molecule has 11 heteroatoms. The van der Waals surface area contributed by atoms with Crippen molar-refractivity contribution in [3.05, 3.63) is 123 Å². The molecule has 0 aliphatic carbocycles. The van der Waals surface area contributed by atoms with Gasteiger partial charge in [0.2, 0.25) is 5.91 Å². The number of aliphatic hydroxyl groups excluding tert-OH is 1. The first-order valence-electron chi connectivity index (χ1n) is 17.5. The SMILES string of the molecule is O=C(Cc1ccc(-c2ccccc2)cc1)N1CCOC2(CCN(Cc3cc(F)cc(CCNCC(O)c4ccc(O)c5[nH]c(=O)sc45)c3)CC2)C1. The Hall–Kier alpha value is -4.39. The van der Waals surface area contributed by atoms with Crippen LogP contribution in [0.25, 0.3) is 21.3 Å². The van der Waals surface area contributed by atoms with Gasteiger partial charge in [0.25, 0.3) is 0 Å². The molecule has 2 saturated heterocycles. The van der Waals surface area contributed by atoms with E-state index in [4.69, 9.17) is 4.74 Å². The maximum absolute atomic E-state index is 14.7. The first kappa shape index (κ1) is 35.0. The lowest BCUT2D eigenvalue weighted by atomic mass is 9.88. The van der Waals surface area contributed by atoms with Crippen molar-refractivity contribution in [3.8, 4) is 16.9 Å². The van der Waals surface area contributed by atoms with Crippen molar-refractivity contribution in [2.45, 2.75) is 43.9 Å². The number of nitrogens with one attached hydrogen (secondary N) is 2. The lowest BCUT2D eigenvalue weighted by Crippen LogP contribution is -2.58. The molecule has 7 rings (SSSR count). The normalized spacial score (nSPS) is 16.9. The number of hydrogen-bond acceptors (Lipinski definition) is 8. The lowest BCUT2D eigenvalue weighted by molar-refractivity contribution is -0.159. The number of carbonyl (C=O) groups excluding carboxylic acids is 1. The molecule has 1 unspecified atom stereocenters. The molecule has 3 heterocycles. The fourth-order valence-electron chi connectivity index (χ4n) is 7.31. The van der Waals surface area contributed by atoms with Crippen LogP contribution in [0.5, 0.6) is 5.75 Å². The Balaban J connectivity index is 0.876. The summed E-state index contributed by atoms with van der Waals surface area (Å²) in [6, 6.07) is 26.7. The van der Waals surface area contributed by atoms with Crippen molar-refractivity contribution in [1.82, 2.24) is 20.1 Å². The maximum Gasteiger partial charge on any atom is 0.305 e. The molecule has 0 radical (unpaired) electrons. The molecule has 4 aromatic carbocycles. The summed E-state index contributed by atoms with van der Waals surface area (Å²) in [4.78, 5) is 31.8. The quantitative estimate of drug-likeness (QED) is 0.136. The summed E-state index contributed by atoms with van der Waals surface area (Å²) in [5, 5.41) is 24.0. The second-order valence-electron chi connectivity index (χ2n) is 13.7. The van der Waals surface area contributed by atoms with Crippen LogP contribution < -0.4 is 10.2 Å². The molecule has 5 aromatic rings. The molecule has 4 N–H and O–H groups in total. The number of halogens is 1. The highest BCUT2D eigenvalue weighted by Gasteiger charge is 2.41. The Morgan fingerprint density at radius 3 is 2.49 bits per heavy atom. The predicted molar refractivity (Wildman–Crippen MR) is 197 cm³/mol. The fourth-order valence-corrected chi connectivity index (χ4v) is 8.22. The third-order valence-corrected chi connectivity index (χ3v) is 11.0. The Morgan fingerprint density at radius 2 is 1.71 bits per heavy atom. The van der Waals surface area contributed by atoms with Gasteiger partial charge < -0.3 is 30.2 Å². The highest BCUT2D eigenvalue weighted by molar-refractivity contribution is 7.16.